The van der Waals surface area contributed by atoms with Gasteiger partial charge in [0, 0.05) is 5.56 Å². The van der Waals surface area contributed by atoms with Crippen LogP contribution in [-0.4, -0.2) is 34.4 Å². The Balaban J connectivity index is 1.78. The van der Waals surface area contributed by atoms with Gasteiger partial charge in [-0.3, -0.25) is 0 Å². The molecule has 0 radical (unpaired) electrons. The van der Waals surface area contributed by atoms with Crippen molar-refractivity contribution in [3.63, 3.8) is 0 Å². The van der Waals surface area contributed by atoms with Crippen molar-refractivity contribution < 1.29 is 9.47 Å². The Kier molecular flexibility index (Phi) is 4.43. The van der Waals surface area contributed by atoms with Crippen molar-refractivity contribution in [2.75, 3.05) is 19.5 Å². The maximum atomic E-state index is 5.66. The van der Waals surface area contributed by atoms with E-state index in [9.17, 15) is 0 Å². The summed E-state index contributed by atoms with van der Waals surface area (Å²) in [5.74, 6) is 2.07. The molecule has 0 bridgehead atoms. The van der Waals surface area contributed by atoms with Crippen LogP contribution in [0.4, 0.5) is 5.95 Å². The van der Waals surface area contributed by atoms with E-state index in [0.29, 0.717) is 17.4 Å². The van der Waals surface area contributed by atoms with Crippen molar-refractivity contribution in [3.8, 4) is 11.5 Å². The third-order valence-electron chi connectivity index (χ3n) is 5.28. The summed E-state index contributed by atoms with van der Waals surface area (Å²) < 4.78 is 13.0. The molecule has 0 amide bonds. The number of para-hydroxylation sites is 1. The third kappa shape index (κ3) is 2.99. The molecule has 140 valence electrons. The number of rotatable bonds is 4. The lowest BCUT2D eigenvalue weighted by atomic mass is 9.91. The zero-order valence-corrected chi connectivity index (χ0v) is 15.9. The van der Waals surface area contributed by atoms with E-state index in [4.69, 9.17) is 9.47 Å². The molecule has 0 aliphatic carbocycles. The number of tetrazole rings is 1. The van der Waals surface area contributed by atoms with E-state index < -0.39 is 0 Å². The van der Waals surface area contributed by atoms with Gasteiger partial charge in [-0.15, -0.1) is 0 Å². The van der Waals surface area contributed by atoms with Crippen LogP contribution in [0, 0.1) is 13.8 Å². The average Bonchev–Trinajstić information content (AvgIpc) is 3.17. The van der Waals surface area contributed by atoms with Gasteiger partial charge in [0.2, 0.25) is 5.95 Å². The first kappa shape index (κ1) is 17.3. The van der Waals surface area contributed by atoms with Crippen molar-refractivity contribution in [2.24, 2.45) is 0 Å². The van der Waals surface area contributed by atoms with Crippen LogP contribution in [0.15, 0.2) is 36.4 Å². The number of benzene rings is 2. The number of nitrogens with one attached hydrogen (secondary N) is 1. The maximum absolute atomic E-state index is 5.66. The summed E-state index contributed by atoms with van der Waals surface area (Å²) >= 11 is 0. The highest BCUT2D eigenvalue weighted by Gasteiger charge is 2.33. The molecule has 0 fully saturated rings. The molecule has 1 N–H and O–H groups in total. The Bertz CT molecular complexity index is 969. The predicted octanol–water partition coefficient (Wildman–Crippen LogP) is 3.45. The summed E-state index contributed by atoms with van der Waals surface area (Å²) in [6.07, 6.45) is 0.796. The monoisotopic (exact) mass is 365 g/mol. The fraction of sp³-hybridized carbons (Fsp3) is 0.350. The van der Waals surface area contributed by atoms with Crippen LogP contribution in [-0.2, 0) is 0 Å². The summed E-state index contributed by atoms with van der Waals surface area (Å²) in [4.78, 5) is 0. The van der Waals surface area contributed by atoms with Crippen LogP contribution in [0.5, 0.6) is 11.5 Å². The molecule has 0 saturated carbocycles. The molecule has 0 spiro atoms. The van der Waals surface area contributed by atoms with Crippen LogP contribution in [0.3, 0.4) is 0 Å². The van der Waals surface area contributed by atoms with Crippen molar-refractivity contribution >= 4 is 5.95 Å². The van der Waals surface area contributed by atoms with E-state index >= 15 is 0 Å². The summed E-state index contributed by atoms with van der Waals surface area (Å²) in [6, 6.07) is 12.5. The maximum Gasteiger partial charge on any atom is 0.243 e. The molecular formula is C20H23N5O2. The lowest BCUT2D eigenvalue weighted by Crippen LogP contribution is -2.28. The molecule has 7 nitrogen and oxygen atoms in total. The zero-order valence-electron chi connectivity index (χ0n) is 15.9. The summed E-state index contributed by atoms with van der Waals surface area (Å²) in [5.41, 5.74) is 4.78. The van der Waals surface area contributed by atoms with Crippen molar-refractivity contribution in [2.45, 2.75) is 32.4 Å². The smallest absolute Gasteiger partial charge is 0.243 e. The lowest BCUT2D eigenvalue weighted by Gasteiger charge is -2.32. The second kappa shape index (κ2) is 6.90. The van der Waals surface area contributed by atoms with Crippen LogP contribution in [0.1, 0.15) is 40.8 Å². The molecule has 4 rings (SSSR count). The predicted molar refractivity (Wildman–Crippen MR) is 102 cm³/mol. The van der Waals surface area contributed by atoms with Crippen molar-refractivity contribution in [1.29, 1.82) is 0 Å². The Morgan fingerprint density at radius 3 is 2.67 bits per heavy atom. The number of methoxy groups -OCH3 is 2. The highest BCUT2D eigenvalue weighted by Crippen LogP contribution is 2.43. The number of anilines is 1. The van der Waals surface area contributed by atoms with E-state index in [1.807, 2.05) is 22.9 Å². The van der Waals surface area contributed by atoms with Crippen molar-refractivity contribution in [1.82, 2.24) is 20.2 Å². The van der Waals surface area contributed by atoms with Gasteiger partial charge in [-0.05, 0) is 53.5 Å². The van der Waals surface area contributed by atoms with Crippen LogP contribution in [0.2, 0.25) is 0 Å². The van der Waals surface area contributed by atoms with Gasteiger partial charge in [-0.1, -0.05) is 35.4 Å². The Morgan fingerprint density at radius 2 is 1.93 bits per heavy atom. The number of hydrogen-bond acceptors (Lipinski definition) is 6. The first-order valence-corrected chi connectivity index (χ1v) is 8.94. The molecule has 1 aromatic heterocycles. The molecular weight excluding hydrogens is 342 g/mol. The minimum Gasteiger partial charge on any atom is -0.493 e. The van der Waals surface area contributed by atoms with Gasteiger partial charge in [-0.2, -0.15) is 0 Å². The van der Waals surface area contributed by atoms with Gasteiger partial charge in [-0.25, -0.2) is 4.68 Å². The first-order chi connectivity index (χ1) is 13.1. The van der Waals surface area contributed by atoms with Crippen LogP contribution in [0.25, 0.3) is 0 Å². The molecule has 2 heterocycles. The fourth-order valence-corrected chi connectivity index (χ4v) is 3.67. The number of hydrogen-bond donors (Lipinski definition) is 1. The number of nitrogens with zero attached hydrogens (tertiary/aromatic N) is 4. The normalized spacial score (nSPS) is 18.5. The second-order valence-electron chi connectivity index (χ2n) is 6.82. The van der Waals surface area contributed by atoms with E-state index in [-0.39, 0.29) is 12.1 Å². The SMILES string of the molecule is COc1cccc(C2CC(c3ccc(C)c(C)c3)Nc3nnnn32)c1OC. The van der Waals surface area contributed by atoms with Crippen LogP contribution >= 0.6 is 0 Å². The average molecular weight is 365 g/mol. The highest BCUT2D eigenvalue weighted by molar-refractivity contribution is 5.50. The summed E-state index contributed by atoms with van der Waals surface area (Å²) in [7, 11) is 3.30. The van der Waals surface area contributed by atoms with E-state index in [0.717, 1.165) is 12.0 Å². The molecule has 2 atom stereocenters. The third-order valence-corrected chi connectivity index (χ3v) is 5.28. The molecule has 3 aromatic rings. The summed E-state index contributed by atoms with van der Waals surface area (Å²) in [5, 5.41) is 15.7. The van der Waals surface area contributed by atoms with Gasteiger partial charge in [0.15, 0.2) is 11.5 Å². The lowest BCUT2D eigenvalue weighted by molar-refractivity contribution is 0.339. The van der Waals surface area contributed by atoms with Gasteiger partial charge in [0.1, 0.15) is 0 Å². The Labute approximate surface area is 158 Å². The number of aryl methyl sites for hydroxylation is 2. The number of ether oxygens (including phenoxy) is 2. The fourth-order valence-electron chi connectivity index (χ4n) is 3.67. The summed E-state index contributed by atoms with van der Waals surface area (Å²) in [6.45, 7) is 4.26. The quantitative estimate of drug-likeness (QED) is 0.763. The molecule has 27 heavy (non-hydrogen) atoms. The number of aromatic nitrogens is 4. The van der Waals surface area contributed by atoms with E-state index in [1.54, 1.807) is 14.2 Å². The Hall–Kier alpha value is -3.09. The standard InChI is InChI=1S/C20H23N5O2/c1-12-8-9-14(10-13(12)2)16-11-17(25-20(21-16)22-23-24-25)15-6-5-7-18(26-3)19(15)27-4/h5-10,16-17H,11H2,1-4H3,(H,21,22,24). The van der Waals surface area contributed by atoms with E-state index in [1.165, 1.54) is 16.7 Å². The molecule has 7 heteroatoms. The molecule has 1 aliphatic rings. The van der Waals surface area contributed by atoms with Crippen LogP contribution < -0.4 is 14.8 Å². The molecule has 2 unspecified atom stereocenters. The zero-order chi connectivity index (χ0) is 19.0. The van der Waals surface area contributed by atoms with Crippen molar-refractivity contribution in [3.05, 3.63) is 58.7 Å². The van der Waals surface area contributed by atoms with Gasteiger partial charge < -0.3 is 14.8 Å². The van der Waals surface area contributed by atoms with Gasteiger partial charge >= 0.3 is 0 Å². The number of fused-ring (bicyclic) bond motifs is 1. The molecule has 2 aromatic carbocycles. The topological polar surface area (TPSA) is 74.1 Å². The van der Waals surface area contributed by atoms with Gasteiger partial charge in [0.05, 0.1) is 26.3 Å². The molecule has 0 saturated heterocycles. The second-order valence-corrected chi connectivity index (χ2v) is 6.82. The molecule has 1 aliphatic heterocycles. The minimum absolute atomic E-state index is 0.0621. The minimum atomic E-state index is -0.0621. The largest absolute Gasteiger partial charge is 0.493 e. The van der Waals surface area contributed by atoms with Gasteiger partial charge in [0.25, 0.3) is 0 Å². The first-order valence-electron chi connectivity index (χ1n) is 8.94. The van der Waals surface area contributed by atoms with E-state index in [2.05, 4.69) is 52.9 Å². The Morgan fingerprint density at radius 1 is 1.07 bits per heavy atom. The highest BCUT2D eigenvalue weighted by atomic mass is 16.5.